The summed E-state index contributed by atoms with van der Waals surface area (Å²) in [5.41, 5.74) is 1.15. The van der Waals surface area contributed by atoms with Gasteiger partial charge in [0.05, 0.1) is 10.5 Å². The zero-order chi connectivity index (χ0) is 14.5. The van der Waals surface area contributed by atoms with E-state index in [1.165, 1.54) is 18.2 Å². The average Bonchev–Trinajstić information content (AvgIpc) is 2.46. The lowest BCUT2D eigenvalue weighted by molar-refractivity contribution is -0.384. The minimum Gasteiger partial charge on any atom is -0.488 e. The minimum absolute atomic E-state index is 0.0221. The highest BCUT2D eigenvalue weighted by atomic mass is 35.5. The minimum atomic E-state index is -0.464. The number of hydrogen-bond acceptors (Lipinski definition) is 4. The van der Waals surface area contributed by atoms with Gasteiger partial charge in [0.15, 0.2) is 6.29 Å². The number of carbonyl (C=O) groups excluding carboxylic acids is 1. The summed E-state index contributed by atoms with van der Waals surface area (Å²) in [5.74, 6) is 0.419. The van der Waals surface area contributed by atoms with E-state index < -0.39 is 4.92 Å². The smallest absolute Gasteiger partial charge is 0.269 e. The van der Waals surface area contributed by atoms with Crippen molar-refractivity contribution in [1.29, 1.82) is 0 Å². The molecular formula is C14H10ClNO4. The molecule has 2 aromatic carbocycles. The third-order valence-electron chi connectivity index (χ3n) is 2.64. The predicted octanol–water partition coefficient (Wildman–Crippen LogP) is 3.64. The van der Waals surface area contributed by atoms with E-state index in [1.807, 2.05) is 0 Å². The summed E-state index contributed by atoms with van der Waals surface area (Å²) in [6, 6.07) is 10.8. The number of rotatable bonds is 5. The monoisotopic (exact) mass is 291 g/mol. The Labute approximate surface area is 119 Å². The molecule has 0 heterocycles. The highest BCUT2D eigenvalue weighted by Crippen LogP contribution is 2.22. The number of nitrogens with zero attached hydrogens (tertiary/aromatic N) is 1. The second-order valence-electron chi connectivity index (χ2n) is 4.01. The van der Waals surface area contributed by atoms with Crippen molar-refractivity contribution >= 4 is 23.6 Å². The maximum Gasteiger partial charge on any atom is 0.269 e. The van der Waals surface area contributed by atoms with Gasteiger partial charge in [-0.05, 0) is 35.9 Å². The Morgan fingerprint density at radius 3 is 2.50 bits per heavy atom. The van der Waals surface area contributed by atoms with Crippen molar-refractivity contribution in [3.8, 4) is 5.75 Å². The van der Waals surface area contributed by atoms with Gasteiger partial charge in [-0.1, -0.05) is 11.6 Å². The van der Waals surface area contributed by atoms with Crippen LogP contribution in [-0.4, -0.2) is 11.2 Å². The summed E-state index contributed by atoms with van der Waals surface area (Å²) in [6.45, 7) is 0.209. The molecule has 0 spiro atoms. The first kappa shape index (κ1) is 14.0. The summed E-state index contributed by atoms with van der Waals surface area (Å²) >= 11 is 5.78. The third kappa shape index (κ3) is 3.33. The Kier molecular flexibility index (Phi) is 4.32. The van der Waals surface area contributed by atoms with Crippen LogP contribution in [0.25, 0.3) is 0 Å². The van der Waals surface area contributed by atoms with Gasteiger partial charge in [0.2, 0.25) is 0 Å². The molecule has 0 saturated heterocycles. The second kappa shape index (κ2) is 6.16. The molecule has 6 heteroatoms. The molecular weight excluding hydrogens is 282 g/mol. The highest BCUT2D eigenvalue weighted by molar-refractivity contribution is 6.30. The molecule has 20 heavy (non-hydrogen) atoms. The normalized spacial score (nSPS) is 10.1. The van der Waals surface area contributed by atoms with Crippen LogP contribution in [0.5, 0.6) is 5.75 Å². The predicted molar refractivity (Wildman–Crippen MR) is 74.3 cm³/mol. The molecule has 0 aliphatic heterocycles. The Morgan fingerprint density at radius 2 is 1.90 bits per heavy atom. The number of hydrogen-bond donors (Lipinski definition) is 0. The third-order valence-corrected chi connectivity index (χ3v) is 2.88. The molecule has 0 radical (unpaired) electrons. The van der Waals surface area contributed by atoms with E-state index in [9.17, 15) is 14.9 Å². The Hall–Kier alpha value is -2.40. The average molecular weight is 292 g/mol. The van der Waals surface area contributed by atoms with Crippen LogP contribution in [0.15, 0.2) is 42.5 Å². The summed E-state index contributed by atoms with van der Waals surface area (Å²) in [7, 11) is 0. The maximum absolute atomic E-state index is 10.9. The van der Waals surface area contributed by atoms with Gasteiger partial charge >= 0.3 is 0 Å². The fourth-order valence-electron chi connectivity index (χ4n) is 1.62. The Bertz CT molecular complexity index is 640. The molecule has 0 bridgehead atoms. The molecule has 0 amide bonds. The van der Waals surface area contributed by atoms with Crippen LogP contribution in [0.3, 0.4) is 0 Å². The molecule has 102 valence electrons. The van der Waals surface area contributed by atoms with Crippen LogP contribution in [0.1, 0.15) is 15.9 Å². The number of nitro groups is 1. The number of non-ortho nitro benzene ring substituents is 1. The number of halogens is 1. The SMILES string of the molecule is O=Cc1cc(Cl)ccc1OCc1ccc([N+](=O)[O-])cc1. The van der Waals surface area contributed by atoms with Gasteiger partial charge in [-0.2, -0.15) is 0 Å². The number of ether oxygens (including phenoxy) is 1. The lowest BCUT2D eigenvalue weighted by Crippen LogP contribution is -1.98. The van der Waals surface area contributed by atoms with Crippen molar-refractivity contribution in [2.24, 2.45) is 0 Å². The summed E-state index contributed by atoms with van der Waals surface area (Å²) in [5, 5.41) is 11.0. The van der Waals surface area contributed by atoms with Gasteiger partial charge in [0.1, 0.15) is 12.4 Å². The van der Waals surface area contributed by atoms with Crippen LogP contribution in [-0.2, 0) is 6.61 Å². The first-order valence-electron chi connectivity index (χ1n) is 5.71. The molecule has 0 fully saturated rings. The van der Waals surface area contributed by atoms with Crippen molar-refractivity contribution in [2.45, 2.75) is 6.61 Å². The van der Waals surface area contributed by atoms with Gasteiger partial charge in [-0.3, -0.25) is 14.9 Å². The van der Waals surface area contributed by atoms with Gasteiger partial charge < -0.3 is 4.74 Å². The topological polar surface area (TPSA) is 69.4 Å². The first-order valence-corrected chi connectivity index (χ1v) is 6.09. The quantitative estimate of drug-likeness (QED) is 0.479. The Balaban J connectivity index is 2.08. The molecule has 0 atom stereocenters. The van der Waals surface area contributed by atoms with Gasteiger partial charge in [-0.15, -0.1) is 0 Å². The summed E-state index contributed by atoms with van der Waals surface area (Å²) in [6.07, 6.45) is 0.664. The molecule has 5 nitrogen and oxygen atoms in total. The van der Waals surface area contributed by atoms with E-state index in [4.69, 9.17) is 16.3 Å². The molecule has 0 aliphatic rings. The van der Waals surface area contributed by atoms with Crippen LogP contribution in [0.2, 0.25) is 5.02 Å². The number of nitro benzene ring substituents is 1. The lowest BCUT2D eigenvalue weighted by Gasteiger charge is -2.08. The number of aldehydes is 1. The number of carbonyl (C=O) groups is 1. The van der Waals surface area contributed by atoms with Gasteiger partial charge in [0.25, 0.3) is 5.69 Å². The molecule has 0 aromatic heterocycles. The fraction of sp³-hybridized carbons (Fsp3) is 0.0714. The van der Waals surface area contributed by atoms with E-state index in [1.54, 1.807) is 24.3 Å². The van der Waals surface area contributed by atoms with E-state index in [2.05, 4.69) is 0 Å². The maximum atomic E-state index is 10.9. The van der Waals surface area contributed by atoms with Crippen LogP contribution in [0.4, 0.5) is 5.69 Å². The van der Waals surface area contributed by atoms with Crippen LogP contribution >= 0.6 is 11.6 Å². The highest BCUT2D eigenvalue weighted by Gasteiger charge is 2.06. The van der Waals surface area contributed by atoms with Crippen molar-refractivity contribution in [1.82, 2.24) is 0 Å². The summed E-state index contributed by atoms with van der Waals surface area (Å²) in [4.78, 5) is 21.0. The van der Waals surface area contributed by atoms with Gasteiger partial charge in [-0.25, -0.2) is 0 Å². The summed E-state index contributed by atoms with van der Waals surface area (Å²) < 4.78 is 5.51. The van der Waals surface area contributed by atoms with Crippen molar-refractivity contribution < 1.29 is 14.5 Å². The second-order valence-corrected chi connectivity index (χ2v) is 4.45. The van der Waals surface area contributed by atoms with E-state index in [0.29, 0.717) is 22.6 Å². The lowest BCUT2D eigenvalue weighted by atomic mass is 10.2. The molecule has 0 N–H and O–H groups in total. The standard InChI is InChI=1S/C14H10ClNO4/c15-12-3-6-14(11(7-12)8-17)20-9-10-1-4-13(5-2-10)16(18)19/h1-8H,9H2. The fourth-order valence-corrected chi connectivity index (χ4v) is 1.80. The van der Waals surface area contributed by atoms with Crippen molar-refractivity contribution in [2.75, 3.05) is 0 Å². The number of benzene rings is 2. The zero-order valence-electron chi connectivity index (χ0n) is 10.3. The first-order chi connectivity index (χ1) is 9.60. The molecule has 0 aliphatic carbocycles. The van der Waals surface area contributed by atoms with E-state index in [-0.39, 0.29) is 12.3 Å². The van der Waals surface area contributed by atoms with Crippen molar-refractivity contribution in [3.05, 3.63) is 68.7 Å². The Morgan fingerprint density at radius 1 is 1.20 bits per heavy atom. The molecule has 0 unspecified atom stereocenters. The van der Waals surface area contributed by atoms with E-state index in [0.717, 1.165) is 5.56 Å². The van der Waals surface area contributed by atoms with E-state index >= 15 is 0 Å². The van der Waals surface area contributed by atoms with Crippen LogP contribution in [0, 0.1) is 10.1 Å². The molecule has 0 saturated carbocycles. The zero-order valence-corrected chi connectivity index (χ0v) is 11.0. The van der Waals surface area contributed by atoms with Gasteiger partial charge in [0, 0.05) is 17.2 Å². The van der Waals surface area contributed by atoms with Crippen LogP contribution < -0.4 is 4.74 Å². The van der Waals surface area contributed by atoms with Crippen molar-refractivity contribution in [3.63, 3.8) is 0 Å². The molecule has 2 aromatic rings. The largest absolute Gasteiger partial charge is 0.488 e. The molecule has 2 rings (SSSR count).